The fraction of sp³-hybridized carbons (Fsp3) is 0.600. The third kappa shape index (κ3) is 3.41. The van der Waals surface area contributed by atoms with Crippen LogP contribution in [0.1, 0.15) is 31.2 Å². The molecule has 0 atom stereocenters. The van der Waals surface area contributed by atoms with Crippen LogP contribution in [0.3, 0.4) is 0 Å². The first-order valence-corrected chi connectivity index (χ1v) is 7.23. The normalized spacial score (nSPS) is 27.3. The Bertz CT molecular complexity index is 428. The molecular formula is C15H23ClN2O. The monoisotopic (exact) mass is 282 g/mol. The van der Waals surface area contributed by atoms with Crippen molar-refractivity contribution in [2.24, 2.45) is 5.73 Å². The molecule has 0 spiro atoms. The minimum atomic E-state index is -0.0202. The van der Waals surface area contributed by atoms with Gasteiger partial charge in [0.25, 0.3) is 0 Å². The SMILES string of the molecule is COC1CCC(CN)(Nc2ccc(C)c(Cl)c2)CC1. The van der Waals surface area contributed by atoms with Crippen LogP contribution in [-0.2, 0) is 4.74 Å². The number of benzene rings is 1. The van der Waals surface area contributed by atoms with E-state index in [0.29, 0.717) is 12.6 Å². The number of anilines is 1. The second-order valence-electron chi connectivity index (χ2n) is 5.51. The third-order valence-electron chi connectivity index (χ3n) is 4.20. The van der Waals surface area contributed by atoms with E-state index in [2.05, 4.69) is 11.4 Å². The molecule has 1 aliphatic rings. The van der Waals surface area contributed by atoms with E-state index < -0.39 is 0 Å². The molecule has 1 saturated carbocycles. The Hall–Kier alpha value is -0.770. The van der Waals surface area contributed by atoms with Gasteiger partial charge in [-0.2, -0.15) is 0 Å². The quantitative estimate of drug-likeness (QED) is 0.890. The van der Waals surface area contributed by atoms with Crippen molar-refractivity contribution < 1.29 is 4.74 Å². The van der Waals surface area contributed by atoms with E-state index in [4.69, 9.17) is 22.1 Å². The predicted octanol–water partition coefficient (Wildman–Crippen LogP) is 3.35. The van der Waals surface area contributed by atoms with Gasteiger partial charge in [-0.1, -0.05) is 17.7 Å². The Labute approximate surface area is 120 Å². The van der Waals surface area contributed by atoms with Gasteiger partial charge in [0, 0.05) is 29.9 Å². The van der Waals surface area contributed by atoms with Crippen molar-refractivity contribution in [3.05, 3.63) is 28.8 Å². The lowest BCUT2D eigenvalue weighted by Gasteiger charge is -2.40. The summed E-state index contributed by atoms with van der Waals surface area (Å²) in [4.78, 5) is 0. The maximum absolute atomic E-state index is 6.17. The van der Waals surface area contributed by atoms with Gasteiger partial charge in [-0.05, 0) is 50.3 Å². The second-order valence-corrected chi connectivity index (χ2v) is 5.92. The smallest absolute Gasteiger partial charge is 0.0573 e. The summed E-state index contributed by atoms with van der Waals surface area (Å²) in [6.45, 7) is 2.64. The largest absolute Gasteiger partial charge is 0.381 e. The van der Waals surface area contributed by atoms with Crippen LogP contribution in [0.25, 0.3) is 0 Å². The van der Waals surface area contributed by atoms with E-state index in [-0.39, 0.29) is 5.54 Å². The van der Waals surface area contributed by atoms with E-state index in [0.717, 1.165) is 42.0 Å². The van der Waals surface area contributed by atoms with Gasteiger partial charge >= 0.3 is 0 Å². The van der Waals surface area contributed by atoms with E-state index in [1.54, 1.807) is 7.11 Å². The highest BCUT2D eigenvalue weighted by molar-refractivity contribution is 6.31. The molecule has 0 saturated heterocycles. The Balaban J connectivity index is 2.08. The van der Waals surface area contributed by atoms with Gasteiger partial charge in [-0.3, -0.25) is 0 Å². The average Bonchev–Trinajstić information content (AvgIpc) is 2.44. The van der Waals surface area contributed by atoms with Crippen LogP contribution in [0.15, 0.2) is 18.2 Å². The Morgan fingerprint density at radius 1 is 1.42 bits per heavy atom. The highest BCUT2D eigenvalue weighted by Crippen LogP contribution is 2.33. The lowest BCUT2D eigenvalue weighted by atomic mass is 9.80. The Kier molecular flexibility index (Phi) is 4.71. The summed E-state index contributed by atoms with van der Waals surface area (Å²) in [5.41, 5.74) is 8.13. The Morgan fingerprint density at radius 3 is 2.63 bits per heavy atom. The summed E-state index contributed by atoms with van der Waals surface area (Å²) < 4.78 is 5.42. The fourth-order valence-electron chi connectivity index (χ4n) is 2.74. The number of hydrogen-bond donors (Lipinski definition) is 2. The van der Waals surface area contributed by atoms with E-state index in [9.17, 15) is 0 Å². The topological polar surface area (TPSA) is 47.3 Å². The van der Waals surface area contributed by atoms with Crippen LogP contribution in [0.2, 0.25) is 5.02 Å². The van der Waals surface area contributed by atoms with Gasteiger partial charge in [0.15, 0.2) is 0 Å². The maximum atomic E-state index is 6.17. The molecule has 3 nitrogen and oxygen atoms in total. The molecule has 1 aromatic rings. The van der Waals surface area contributed by atoms with E-state index in [1.807, 2.05) is 19.1 Å². The number of hydrogen-bond acceptors (Lipinski definition) is 3. The zero-order valence-corrected chi connectivity index (χ0v) is 12.5. The summed E-state index contributed by atoms with van der Waals surface area (Å²) in [5.74, 6) is 0. The molecule has 0 radical (unpaired) electrons. The average molecular weight is 283 g/mol. The standard InChI is InChI=1S/C15H23ClN2O/c1-11-3-4-12(9-14(11)16)18-15(10-17)7-5-13(19-2)6-8-15/h3-4,9,13,18H,5-8,10,17H2,1-2H3. The minimum absolute atomic E-state index is 0.0202. The van der Waals surface area contributed by atoms with Crippen LogP contribution >= 0.6 is 11.6 Å². The number of ether oxygens (including phenoxy) is 1. The molecule has 2 rings (SSSR count). The molecule has 0 unspecified atom stereocenters. The summed E-state index contributed by atoms with van der Waals surface area (Å²) in [5, 5.41) is 4.39. The van der Waals surface area contributed by atoms with Crippen molar-refractivity contribution >= 4 is 17.3 Å². The molecule has 1 aromatic carbocycles. The molecule has 19 heavy (non-hydrogen) atoms. The summed E-state index contributed by atoms with van der Waals surface area (Å²) in [7, 11) is 1.79. The van der Waals surface area contributed by atoms with Crippen LogP contribution in [0.4, 0.5) is 5.69 Å². The van der Waals surface area contributed by atoms with Crippen molar-refractivity contribution in [2.75, 3.05) is 19.0 Å². The summed E-state index contributed by atoms with van der Waals surface area (Å²) in [6, 6.07) is 6.09. The summed E-state index contributed by atoms with van der Waals surface area (Å²) >= 11 is 6.17. The van der Waals surface area contributed by atoms with Gasteiger partial charge in [0.1, 0.15) is 0 Å². The van der Waals surface area contributed by atoms with Crippen molar-refractivity contribution in [1.82, 2.24) is 0 Å². The van der Waals surface area contributed by atoms with Crippen molar-refractivity contribution in [3.8, 4) is 0 Å². The lowest BCUT2D eigenvalue weighted by Crippen LogP contribution is -2.49. The Morgan fingerprint density at radius 2 is 2.11 bits per heavy atom. The molecule has 1 fully saturated rings. The molecule has 4 heteroatoms. The number of halogens is 1. The number of methoxy groups -OCH3 is 1. The van der Waals surface area contributed by atoms with E-state index >= 15 is 0 Å². The highest BCUT2D eigenvalue weighted by Gasteiger charge is 2.34. The first-order valence-electron chi connectivity index (χ1n) is 6.86. The van der Waals surface area contributed by atoms with Gasteiger partial charge in [0.2, 0.25) is 0 Å². The van der Waals surface area contributed by atoms with Crippen molar-refractivity contribution in [3.63, 3.8) is 0 Å². The van der Waals surface area contributed by atoms with Crippen LogP contribution in [-0.4, -0.2) is 25.3 Å². The number of nitrogens with two attached hydrogens (primary N) is 1. The molecule has 0 heterocycles. The molecule has 0 aromatic heterocycles. The molecular weight excluding hydrogens is 260 g/mol. The van der Waals surface area contributed by atoms with Crippen molar-refractivity contribution in [2.45, 2.75) is 44.2 Å². The second kappa shape index (κ2) is 6.12. The molecule has 1 aliphatic carbocycles. The minimum Gasteiger partial charge on any atom is -0.381 e. The first kappa shape index (κ1) is 14.6. The predicted molar refractivity (Wildman–Crippen MR) is 80.9 cm³/mol. The fourth-order valence-corrected chi connectivity index (χ4v) is 2.92. The van der Waals surface area contributed by atoms with E-state index in [1.165, 1.54) is 0 Å². The first-order chi connectivity index (χ1) is 9.08. The van der Waals surface area contributed by atoms with Gasteiger partial charge in [-0.25, -0.2) is 0 Å². The van der Waals surface area contributed by atoms with Gasteiger partial charge < -0.3 is 15.8 Å². The van der Waals surface area contributed by atoms with Crippen LogP contribution < -0.4 is 11.1 Å². The molecule has 3 N–H and O–H groups in total. The third-order valence-corrected chi connectivity index (χ3v) is 4.60. The maximum Gasteiger partial charge on any atom is 0.0573 e. The lowest BCUT2D eigenvalue weighted by molar-refractivity contribution is 0.0550. The van der Waals surface area contributed by atoms with Gasteiger partial charge in [0.05, 0.1) is 6.10 Å². The molecule has 0 amide bonds. The molecule has 0 aliphatic heterocycles. The molecule has 0 bridgehead atoms. The highest BCUT2D eigenvalue weighted by atomic mass is 35.5. The van der Waals surface area contributed by atoms with Crippen LogP contribution in [0.5, 0.6) is 0 Å². The van der Waals surface area contributed by atoms with Crippen molar-refractivity contribution in [1.29, 1.82) is 0 Å². The zero-order chi connectivity index (χ0) is 13.9. The summed E-state index contributed by atoms with van der Waals surface area (Å²) in [6.07, 6.45) is 4.56. The zero-order valence-electron chi connectivity index (χ0n) is 11.7. The number of rotatable bonds is 4. The molecule has 106 valence electrons. The number of aryl methyl sites for hydroxylation is 1. The van der Waals surface area contributed by atoms with Gasteiger partial charge in [-0.15, -0.1) is 0 Å². The van der Waals surface area contributed by atoms with Crippen LogP contribution in [0, 0.1) is 6.92 Å². The number of nitrogens with one attached hydrogen (secondary N) is 1.